The lowest BCUT2D eigenvalue weighted by molar-refractivity contribution is -0.393. The molecule has 0 saturated carbocycles. The molecule has 1 rings (SSSR count). The van der Waals surface area contributed by atoms with Crippen molar-refractivity contribution in [3.8, 4) is 0 Å². The average molecular weight is 384 g/mol. The quantitative estimate of drug-likeness (QED) is 0.303. The number of benzene rings is 1. The second kappa shape index (κ2) is 13.7. The molecule has 0 fully saturated rings. The maximum Gasteiger partial charge on any atom is 0.299 e. The minimum absolute atomic E-state index is 0. The van der Waals surface area contributed by atoms with Gasteiger partial charge in [-0.25, -0.2) is 0 Å². The molecule has 0 heterocycles. The highest BCUT2D eigenvalue weighted by atomic mass is 35.5. The molecule has 9 nitrogen and oxygen atoms in total. The van der Waals surface area contributed by atoms with Gasteiger partial charge in [0, 0.05) is 12.6 Å². The summed E-state index contributed by atoms with van der Waals surface area (Å²) in [5.41, 5.74) is 5.10. The lowest BCUT2D eigenvalue weighted by Gasteiger charge is -2.08. The molecule has 0 spiro atoms. The SMILES string of the molecule is Cl.Cl.NCCCCNCCCNc1ccc([N+](=O)[O-])cc1[N+](=O)[O-]. The molecule has 0 saturated heterocycles. The van der Waals surface area contributed by atoms with E-state index in [4.69, 9.17) is 5.73 Å². The number of hydrogen-bond acceptors (Lipinski definition) is 7. The molecule has 24 heavy (non-hydrogen) atoms. The summed E-state index contributed by atoms with van der Waals surface area (Å²) in [4.78, 5) is 20.3. The van der Waals surface area contributed by atoms with Crippen LogP contribution in [0.1, 0.15) is 19.3 Å². The second-order valence-electron chi connectivity index (χ2n) is 4.74. The van der Waals surface area contributed by atoms with Crippen molar-refractivity contribution in [2.45, 2.75) is 19.3 Å². The van der Waals surface area contributed by atoms with Gasteiger partial charge >= 0.3 is 0 Å². The topological polar surface area (TPSA) is 136 Å². The standard InChI is InChI=1S/C13H21N5O4.2ClH/c14-6-1-2-7-15-8-3-9-16-12-5-4-11(17(19)20)10-13(12)18(21)22;;/h4-5,10,15-16H,1-3,6-9,14H2;2*1H. The fourth-order valence-corrected chi connectivity index (χ4v) is 1.89. The fraction of sp³-hybridized carbons (Fsp3) is 0.538. The van der Waals surface area contributed by atoms with E-state index in [1.165, 1.54) is 12.1 Å². The van der Waals surface area contributed by atoms with Crippen LogP contribution in [0.15, 0.2) is 18.2 Å². The molecule has 0 radical (unpaired) electrons. The van der Waals surface area contributed by atoms with E-state index in [0.29, 0.717) is 18.8 Å². The minimum atomic E-state index is -0.651. The Kier molecular flexibility index (Phi) is 14.1. The van der Waals surface area contributed by atoms with Crippen LogP contribution in [0.4, 0.5) is 17.1 Å². The highest BCUT2D eigenvalue weighted by Gasteiger charge is 2.18. The summed E-state index contributed by atoms with van der Waals surface area (Å²) in [5.74, 6) is 0. The number of nitrogens with zero attached hydrogens (tertiary/aromatic N) is 2. The summed E-state index contributed by atoms with van der Waals surface area (Å²) in [6.45, 7) is 2.92. The summed E-state index contributed by atoms with van der Waals surface area (Å²) < 4.78 is 0. The Morgan fingerprint density at radius 1 is 0.958 bits per heavy atom. The maximum atomic E-state index is 11.0. The molecular formula is C13H23Cl2N5O4. The molecule has 11 heteroatoms. The van der Waals surface area contributed by atoms with Gasteiger partial charge in [0.1, 0.15) is 5.69 Å². The smallest absolute Gasteiger partial charge is 0.299 e. The predicted molar refractivity (Wildman–Crippen MR) is 98.5 cm³/mol. The first kappa shape index (κ1) is 24.6. The Labute approximate surface area is 152 Å². The number of rotatable bonds is 11. The second-order valence-corrected chi connectivity index (χ2v) is 4.74. The van der Waals surface area contributed by atoms with Gasteiger partial charge in [-0.05, 0) is 45.0 Å². The van der Waals surface area contributed by atoms with E-state index < -0.39 is 9.85 Å². The van der Waals surface area contributed by atoms with E-state index >= 15 is 0 Å². The van der Waals surface area contributed by atoms with E-state index in [2.05, 4.69) is 10.6 Å². The first-order chi connectivity index (χ1) is 10.6. The molecule has 4 N–H and O–H groups in total. The maximum absolute atomic E-state index is 11.0. The fourth-order valence-electron chi connectivity index (χ4n) is 1.89. The van der Waals surface area contributed by atoms with E-state index in [0.717, 1.165) is 38.4 Å². The molecular weight excluding hydrogens is 361 g/mol. The van der Waals surface area contributed by atoms with Gasteiger partial charge in [-0.1, -0.05) is 0 Å². The summed E-state index contributed by atoms with van der Waals surface area (Å²) in [7, 11) is 0. The number of anilines is 1. The van der Waals surface area contributed by atoms with Gasteiger partial charge in [0.05, 0.1) is 15.9 Å². The lowest BCUT2D eigenvalue weighted by Crippen LogP contribution is -2.20. The van der Waals surface area contributed by atoms with E-state index in [1.54, 1.807) is 0 Å². The summed E-state index contributed by atoms with van der Waals surface area (Å²) in [6.07, 6.45) is 2.80. The van der Waals surface area contributed by atoms with Crippen LogP contribution in [-0.2, 0) is 0 Å². The Balaban J connectivity index is 0. The first-order valence-corrected chi connectivity index (χ1v) is 7.13. The third-order valence-electron chi connectivity index (χ3n) is 3.04. The van der Waals surface area contributed by atoms with E-state index in [9.17, 15) is 20.2 Å². The molecule has 138 valence electrons. The molecule has 0 amide bonds. The number of unbranched alkanes of at least 4 members (excludes halogenated alkanes) is 1. The van der Waals surface area contributed by atoms with Crippen LogP contribution < -0.4 is 16.4 Å². The van der Waals surface area contributed by atoms with Crippen LogP contribution in [0.25, 0.3) is 0 Å². The summed E-state index contributed by atoms with van der Waals surface area (Å²) in [5, 5.41) is 27.8. The Hall–Kier alpha value is -1.68. The van der Waals surface area contributed by atoms with Crippen molar-refractivity contribution < 1.29 is 9.85 Å². The lowest BCUT2D eigenvalue weighted by atomic mass is 10.2. The third-order valence-corrected chi connectivity index (χ3v) is 3.04. The Bertz CT molecular complexity index is 519. The molecule has 0 aliphatic carbocycles. The van der Waals surface area contributed by atoms with Gasteiger partial charge in [0.2, 0.25) is 0 Å². The number of nitrogens with two attached hydrogens (primary N) is 1. The van der Waals surface area contributed by atoms with Gasteiger partial charge in [0.15, 0.2) is 0 Å². The normalized spacial score (nSPS) is 9.54. The number of nitro benzene ring substituents is 2. The number of nitro groups is 2. The van der Waals surface area contributed by atoms with Crippen LogP contribution in [0.5, 0.6) is 0 Å². The molecule has 1 aromatic carbocycles. The summed E-state index contributed by atoms with van der Waals surface area (Å²) in [6, 6.07) is 3.58. The third kappa shape index (κ3) is 8.82. The number of non-ortho nitro benzene ring substituents is 1. The first-order valence-electron chi connectivity index (χ1n) is 7.13. The molecule has 0 unspecified atom stereocenters. The molecule has 0 atom stereocenters. The monoisotopic (exact) mass is 383 g/mol. The van der Waals surface area contributed by atoms with Gasteiger partial charge in [-0.3, -0.25) is 20.2 Å². The van der Waals surface area contributed by atoms with Crippen molar-refractivity contribution >= 4 is 41.9 Å². The van der Waals surface area contributed by atoms with Crippen LogP contribution in [-0.4, -0.2) is 36.0 Å². The van der Waals surface area contributed by atoms with Gasteiger partial charge in [0.25, 0.3) is 11.4 Å². The molecule has 1 aromatic rings. The zero-order valence-corrected chi connectivity index (χ0v) is 14.7. The highest BCUT2D eigenvalue weighted by Crippen LogP contribution is 2.28. The molecule has 0 bridgehead atoms. The number of hydrogen-bond donors (Lipinski definition) is 3. The number of halogens is 2. The van der Waals surface area contributed by atoms with Gasteiger partial charge < -0.3 is 16.4 Å². The van der Waals surface area contributed by atoms with Crippen LogP contribution >= 0.6 is 24.8 Å². The van der Waals surface area contributed by atoms with Gasteiger partial charge in [-0.15, -0.1) is 24.8 Å². The predicted octanol–water partition coefficient (Wildman–Crippen LogP) is 2.48. The largest absolute Gasteiger partial charge is 0.379 e. The Morgan fingerprint density at radius 2 is 1.62 bits per heavy atom. The van der Waals surface area contributed by atoms with Crippen molar-refractivity contribution in [3.63, 3.8) is 0 Å². The van der Waals surface area contributed by atoms with Crippen molar-refractivity contribution in [1.82, 2.24) is 5.32 Å². The molecule has 0 aromatic heterocycles. The van der Waals surface area contributed by atoms with Crippen molar-refractivity contribution in [1.29, 1.82) is 0 Å². The van der Waals surface area contributed by atoms with Crippen LogP contribution in [0.3, 0.4) is 0 Å². The Morgan fingerprint density at radius 3 is 2.21 bits per heavy atom. The summed E-state index contributed by atoms with van der Waals surface area (Å²) >= 11 is 0. The van der Waals surface area contributed by atoms with Crippen molar-refractivity contribution in [3.05, 3.63) is 38.4 Å². The van der Waals surface area contributed by atoms with Crippen LogP contribution in [0.2, 0.25) is 0 Å². The highest BCUT2D eigenvalue weighted by molar-refractivity contribution is 5.85. The van der Waals surface area contributed by atoms with E-state index in [-0.39, 0.29) is 36.2 Å². The van der Waals surface area contributed by atoms with Gasteiger partial charge in [-0.2, -0.15) is 0 Å². The molecule has 0 aliphatic heterocycles. The van der Waals surface area contributed by atoms with E-state index in [1.807, 2.05) is 0 Å². The minimum Gasteiger partial charge on any atom is -0.379 e. The zero-order chi connectivity index (χ0) is 16.4. The molecule has 0 aliphatic rings. The van der Waals surface area contributed by atoms with Crippen molar-refractivity contribution in [2.24, 2.45) is 5.73 Å². The van der Waals surface area contributed by atoms with Crippen molar-refractivity contribution in [2.75, 3.05) is 31.5 Å². The number of nitrogens with one attached hydrogen (secondary N) is 2. The van der Waals surface area contributed by atoms with Crippen LogP contribution in [0, 0.1) is 20.2 Å². The average Bonchev–Trinajstić information content (AvgIpc) is 2.49. The zero-order valence-electron chi connectivity index (χ0n) is 13.1.